The van der Waals surface area contributed by atoms with Crippen molar-refractivity contribution < 1.29 is 14.7 Å². The fourth-order valence-electron chi connectivity index (χ4n) is 1.67. The van der Waals surface area contributed by atoms with Gasteiger partial charge in [0.2, 0.25) is 5.91 Å². The van der Waals surface area contributed by atoms with Gasteiger partial charge in [-0.2, -0.15) is 11.8 Å². The van der Waals surface area contributed by atoms with Gasteiger partial charge in [-0.3, -0.25) is 9.59 Å². The lowest BCUT2D eigenvalue weighted by molar-refractivity contribution is -0.136. The van der Waals surface area contributed by atoms with Gasteiger partial charge in [0.05, 0.1) is 6.42 Å². The van der Waals surface area contributed by atoms with Crippen LogP contribution in [0.15, 0.2) is 24.3 Å². The Bertz CT molecular complexity index is 448. The first-order chi connectivity index (χ1) is 9.61. The first-order valence-electron chi connectivity index (χ1n) is 6.80. The van der Waals surface area contributed by atoms with E-state index in [2.05, 4.69) is 12.2 Å². The number of thioether (sulfide) groups is 1. The zero-order chi connectivity index (χ0) is 14.8. The molecule has 0 radical (unpaired) electrons. The maximum absolute atomic E-state index is 11.7. The van der Waals surface area contributed by atoms with Crippen molar-refractivity contribution in [3.05, 3.63) is 29.8 Å². The molecule has 1 rings (SSSR count). The first kappa shape index (κ1) is 16.6. The summed E-state index contributed by atoms with van der Waals surface area (Å²) >= 11 is 1.79. The first-order valence-corrected chi connectivity index (χ1v) is 7.95. The molecule has 0 spiro atoms. The zero-order valence-corrected chi connectivity index (χ0v) is 12.5. The van der Waals surface area contributed by atoms with Gasteiger partial charge in [-0.25, -0.2) is 0 Å². The van der Waals surface area contributed by atoms with Gasteiger partial charge in [0.1, 0.15) is 0 Å². The third kappa shape index (κ3) is 7.19. The molecule has 0 unspecified atom stereocenters. The van der Waals surface area contributed by atoms with Gasteiger partial charge < -0.3 is 10.4 Å². The number of aliphatic carboxylic acids is 1. The second-order valence-electron chi connectivity index (χ2n) is 4.53. The largest absolute Gasteiger partial charge is 0.481 e. The molecule has 5 heteroatoms. The van der Waals surface area contributed by atoms with E-state index in [0.29, 0.717) is 17.7 Å². The van der Waals surface area contributed by atoms with Crippen molar-refractivity contribution in [1.82, 2.24) is 0 Å². The van der Waals surface area contributed by atoms with E-state index < -0.39 is 5.97 Å². The summed E-state index contributed by atoms with van der Waals surface area (Å²) in [6.45, 7) is 2.15. The number of carboxylic acids is 1. The van der Waals surface area contributed by atoms with Crippen LogP contribution in [-0.4, -0.2) is 28.5 Å². The van der Waals surface area contributed by atoms with Crippen LogP contribution in [0.5, 0.6) is 0 Å². The minimum Gasteiger partial charge on any atom is -0.481 e. The molecular weight excluding hydrogens is 274 g/mol. The molecule has 1 amide bonds. The van der Waals surface area contributed by atoms with Crippen LogP contribution in [0.25, 0.3) is 0 Å². The molecule has 20 heavy (non-hydrogen) atoms. The maximum atomic E-state index is 11.7. The summed E-state index contributed by atoms with van der Waals surface area (Å²) in [4.78, 5) is 22.4. The number of rotatable bonds is 9. The molecule has 4 nitrogen and oxygen atoms in total. The molecular formula is C15H21NO3S. The molecule has 0 saturated carbocycles. The minimum atomic E-state index is -0.874. The normalized spacial score (nSPS) is 10.2. The standard InChI is InChI=1S/C15H21NO3S/c1-2-3-8-20-9-7-14(17)16-13-6-4-5-12(10-13)11-15(18)19/h4-6,10H,2-3,7-9,11H2,1H3,(H,16,17)(H,18,19). The minimum absolute atomic E-state index is 0.0264. The average molecular weight is 295 g/mol. The van der Waals surface area contributed by atoms with Gasteiger partial charge >= 0.3 is 5.97 Å². The van der Waals surface area contributed by atoms with E-state index in [1.165, 1.54) is 12.8 Å². The highest BCUT2D eigenvalue weighted by atomic mass is 32.2. The number of hydrogen-bond acceptors (Lipinski definition) is 3. The van der Waals surface area contributed by atoms with Crippen LogP contribution in [0.3, 0.4) is 0 Å². The Morgan fingerprint density at radius 3 is 2.80 bits per heavy atom. The Labute approximate surface area is 124 Å². The number of anilines is 1. The molecule has 0 heterocycles. The SMILES string of the molecule is CCCCSCCC(=O)Nc1cccc(CC(=O)O)c1. The van der Waals surface area contributed by atoms with Gasteiger partial charge in [-0.1, -0.05) is 25.5 Å². The fraction of sp³-hybridized carbons (Fsp3) is 0.467. The summed E-state index contributed by atoms with van der Waals surface area (Å²) in [7, 11) is 0. The molecule has 1 aromatic carbocycles. The van der Waals surface area contributed by atoms with Crippen molar-refractivity contribution >= 4 is 29.3 Å². The Kier molecular flexibility index (Phi) is 7.80. The smallest absolute Gasteiger partial charge is 0.307 e. The molecule has 0 atom stereocenters. The quantitative estimate of drug-likeness (QED) is 0.687. The van der Waals surface area contributed by atoms with Crippen LogP contribution < -0.4 is 5.32 Å². The van der Waals surface area contributed by atoms with Crippen molar-refractivity contribution in [1.29, 1.82) is 0 Å². The lowest BCUT2D eigenvalue weighted by Crippen LogP contribution is -2.12. The highest BCUT2D eigenvalue weighted by Crippen LogP contribution is 2.12. The monoisotopic (exact) mass is 295 g/mol. The molecule has 0 saturated heterocycles. The molecule has 0 aliphatic heterocycles. The van der Waals surface area contributed by atoms with Gasteiger partial charge in [0.25, 0.3) is 0 Å². The van der Waals surface area contributed by atoms with Crippen LogP contribution >= 0.6 is 11.8 Å². The van der Waals surface area contributed by atoms with E-state index in [1.807, 2.05) is 0 Å². The number of amides is 1. The highest BCUT2D eigenvalue weighted by Gasteiger charge is 2.05. The van der Waals surface area contributed by atoms with E-state index in [1.54, 1.807) is 36.0 Å². The molecule has 2 N–H and O–H groups in total. The van der Waals surface area contributed by atoms with Crippen LogP contribution in [0.1, 0.15) is 31.7 Å². The van der Waals surface area contributed by atoms with E-state index in [0.717, 1.165) is 11.5 Å². The molecule has 0 aliphatic rings. The summed E-state index contributed by atoms with van der Waals surface area (Å²) in [6.07, 6.45) is 2.81. The number of hydrogen-bond donors (Lipinski definition) is 2. The summed E-state index contributed by atoms with van der Waals surface area (Å²) in [5.74, 6) is 1.01. The summed E-state index contributed by atoms with van der Waals surface area (Å²) in [5.41, 5.74) is 1.35. The molecule has 110 valence electrons. The number of unbranched alkanes of at least 4 members (excludes halogenated alkanes) is 1. The maximum Gasteiger partial charge on any atom is 0.307 e. The fourth-order valence-corrected chi connectivity index (χ4v) is 2.70. The van der Waals surface area contributed by atoms with E-state index >= 15 is 0 Å². The van der Waals surface area contributed by atoms with Gasteiger partial charge in [-0.15, -0.1) is 0 Å². The molecule has 0 aliphatic carbocycles. The van der Waals surface area contributed by atoms with Crippen LogP contribution in [0, 0.1) is 0 Å². The van der Waals surface area contributed by atoms with Crippen molar-refractivity contribution in [3.8, 4) is 0 Å². The number of carboxylic acid groups (broad SMARTS) is 1. The third-order valence-corrected chi connectivity index (χ3v) is 3.75. The van der Waals surface area contributed by atoms with Crippen LogP contribution in [0.4, 0.5) is 5.69 Å². The lowest BCUT2D eigenvalue weighted by Gasteiger charge is -2.06. The number of benzene rings is 1. The highest BCUT2D eigenvalue weighted by molar-refractivity contribution is 7.99. The average Bonchev–Trinajstić information content (AvgIpc) is 2.38. The predicted octanol–water partition coefficient (Wildman–Crippen LogP) is 3.18. The summed E-state index contributed by atoms with van der Waals surface area (Å²) < 4.78 is 0. The second-order valence-corrected chi connectivity index (χ2v) is 5.76. The Hall–Kier alpha value is -1.49. The number of carbonyl (C=O) groups is 2. The van der Waals surface area contributed by atoms with Crippen LogP contribution in [0.2, 0.25) is 0 Å². The number of nitrogens with one attached hydrogen (secondary N) is 1. The third-order valence-electron chi connectivity index (χ3n) is 2.68. The molecule has 0 aromatic heterocycles. The Morgan fingerprint density at radius 1 is 1.30 bits per heavy atom. The van der Waals surface area contributed by atoms with Crippen molar-refractivity contribution in [2.75, 3.05) is 16.8 Å². The van der Waals surface area contributed by atoms with E-state index in [4.69, 9.17) is 5.11 Å². The number of carbonyl (C=O) groups excluding carboxylic acids is 1. The van der Waals surface area contributed by atoms with Crippen molar-refractivity contribution in [3.63, 3.8) is 0 Å². The zero-order valence-electron chi connectivity index (χ0n) is 11.7. The Balaban J connectivity index is 2.36. The van der Waals surface area contributed by atoms with Gasteiger partial charge in [0, 0.05) is 17.9 Å². The van der Waals surface area contributed by atoms with Crippen molar-refractivity contribution in [2.45, 2.75) is 32.6 Å². The molecule has 0 fully saturated rings. The summed E-state index contributed by atoms with van der Waals surface area (Å²) in [5, 5.41) is 11.5. The predicted molar refractivity (Wildman–Crippen MR) is 83.3 cm³/mol. The van der Waals surface area contributed by atoms with E-state index in [9.17, 15) is 9.59 Å². The van der Waals surface area contributed by atoms with Crippen LogP contribution in [-0.2, 0) is 16.0 Å². The molecule has 0 bridgehead atoms. The van der Waals surface area contributed by atoms with E-state index in [-0.39, 0.29) is 12.3 Å². The lowest BCUT2D eigenvalue weighted by atomic mass is 10.1. The van der Waals surface area contributed by atoms with Gasteiger partial charge in [-0.05, 0) is 29.9 Å². The molecule has 1 aromatic rings. The Morgan fingerprint density at radius 2 is 2.10 bits per heavy atom. The van der Waals surface area contributed by atoms with Gasteiger partial charge in [0.15, 0.2) is 0 Å². The van der Waals surface area contributed by atoms with Crippen molar-refractivity contribution in [2.24, 2.45) is 0 Å². The second kappa shape index (κ2) is 9.42. The summed E-state index contributed by atoms with van der Waals surface area (Å²) in [6, 6.07) is 6.97. The topological polar surface area (TPSA) is 66.4 Å².